The number of furan rings is 1. The second-order valence-electron chi connectivity index (χ2n) is 4.80. The molecule has 2 rings (SSSR count). The van der Waals surface area contributed by atoms with Gasteiger partial charge >= 0.3 is 0 Å². The molecule has 0 saturated carbocycles. The third kappa shape index (κ3) is 2.65. The van der Waals surface area contributed by atoms with Gasteiger partial charge in [0.25, 0.3) is 0 Å². The third-order valence-corrected chi connectivity index (χ3v) is 3.20. The third-order valence-electron chi connectivity index (χ3n) is 3.20. The molecule has 0 radical (unpaired) electrons. The predicted molar refractivity (Wildman–Crippen MR) is 74.9 cm³/mol. The Labute approximate surface area is 109 Å². The van der Waals surface area contributed by atoms with Crippen LogP contribution in [0.2, 0.25) is 0 Å². The number of benzene rings is 1. The van der Waals surface area contributed by atoms with Crippen molar-refractivity contribution in [2.24, 2.45) is 0 Å². The Bertz CT molecular complexity index is 528. The zero-order valence-corrected chi connectivity index (χ0v) is 11.6. The Hall–Kier alpha value is -1.54. The SMILES string of the molecule is CCNC(c1ccc(C)o1)c1cc(C)ccc1C. The summed E-state index contributed by atoms with van der Waals surface area (Å²) in [6.07, 6.45) is 0. The monoisotopic (exact) mass is 243 g/mol. The van der Waals surface area contributed by atoms with E-state index in [0.29, 0.717) is 0 Å². The lowest BCUT2D eigenvalue weighted by Gasteiger charge is -2.19. The van der Waals surface area contributed by atoms with Crippen molar-refractivity contribution in [2.75, 3.05) is 6.54 Å². The fraction of sp³-hybridized carbons (Fsp3) is 0.375. The molecule has 1 atom stereocenters. The molecule has 0 saturated heterocycles. The van der Waals surface area contributed by atoms with Crippen LogP contribution in [0.15, 0.2) is 34.7 Å². The molecule has 0 amide bonds. The summed E-state index contributed by atoms with van der Waals surface area (Å²) in [7, 11) is 0. The Morgan fingerprint density at radius 1 is 1.11 bits per heavy atom. The van der Waals surface area contributed by atoms with Gasteiger partial charge in [0, 0.05) is 0 Å². The van der Waals surface area contributed by atoms with E-state index in [1.54, 1.807) is 0 Å². The summed E-state index contributed by atoms with van der Waals surface area (Å²) < 4.78 is 5.78. The standard InChI is InChI=1S/C16H21NO/c1-5-17-16(15-9-8-13(4)18-15)14-10-11(2)6-7-12(14)3/h6-10,16-17H,5H2,1-4H3. The molecule has 1 heterocycles. The lowest BCUT2D eigenvalue weighted by molar-refractivity contribution is 0.434. The van der Waals surface area contributed by atoms with Gasteiger partial charge in [-0.15, -0.1) is 0 Å². The summed E-state index contributed by atoms with van der Waals surface area (Å²) in [5.74, 6) is 1.95. The van der Waals surface area contributed by atoms with Crippen LogP contribution in [0.4, 0.5) is 0 Å². The molecule has 1 aromatic carbocycles. The van der Waals surface area contributed by atoms with Crippen molar-refractivity contribution in [3.8, 4) is 0 Å². The summed E-state index contributed by atoms with van der Waals surface area (Å²) in [6.45, 7) is 9.29. The van der Waals surface area contributed by atoms with Crippen molar-refractivity contribution >= 4 is 0 Å². The molecule has 18 heavy (non-hydrogen) atoms. The smallest absolute Gasteiger partial charge is 0.125 e. The van der Waals surface area contributed by atoms with Crippen LogP contribution in [0.3, 0.4) is 0 Å². The molecule has 1 N–H and O–H groups in total. The Kier molecular flexibility index (Phi) is 3.87. The molecule has 1 aromatic heterocycles. The van der Waals surface area contributed by atoms with Gasteiger partial charge in [0.2, 0.25) is 0 Å². The molecule has 2 nitrogen and oxygen atoms in total. The van der Waals surface area contributed by atoms with Gasteiger partial charge in [-0.05, 0) is 50.6 Å². The molecule has 0 aliphatic carbocycles. The van der Waals surface area contributed by atoms with E-state index in [9.17, 15) is 0 Å². The van der Waals surface area contributed by atoms with Crippen LogP contribution in [0, 0.1) is 20.8 Å². The lowest BCUT2D eigenvalue weighted by atomic mass is 9.97. The number of hydrogen-bond acceptors (Lipinski definition) is 2. The molecular formula is C16H21NO. The highest BCUT2D eigenvalue weighted by Crippen LogP contribution is 2.27. The molecule has 2 aromatic rings. The average Bonchev–Trinajstić information content (AvgIpc) is 2.76. The highest BCUT2D eigenvalue weighted by atomic mass is 16.3. The van der Waals surface area contributed by atoms with Crippen molar-refractivity contribution in [3.63, 3.8) is 0 Å². The molecule has 0 bridgehead atoms. The minimum absolute atomic E-state index is 0.142. The predicted octanol–water partition coefficient (Wildman–Crippen LogP) is 3.90. The summed E-state index contributed by atoms with van der Waals surface area (Å²) in [6, 6.07) is 10.8. The van der Waals surface area contributed by atoms with Gasteiger partial charge in [-0.25, -0.2) is 0 Å². The Balaban J connectivity index is 2.44. The number of nitrogens with one attached hydrogen (secondary N) is 1. The maximum absolute atomic E-state index is 5.78. The van der Waals surface area contributed by atoms with Crippen LogP contribution in [0.1, 0.15) is 41.2 Å². The summed E-state index contributed by atoms with van der Waals surface area (Å²) in [5.41, 5.74) is 3.87. The van der Waals surface area contributed by atoms with Crippen LogP contribution < -0.4 is 5.32 Å². The topological polar surface area (TPSA) is 25.2 Å². The minimum atomic E-state index is 0.142. The van der Waals surface area contributed by atoms with Crippen molar-refractivity contribution in [1.82, 2.24) is 5.32 Å². The van der Waals surface area contributed by atoms with Crippen molar-refractivity contribution in [2.45, 2.75) is 33.7 Å². The Morgan fingerprint density at radius 2 is 1.89 bits per heavy atom. The van der Waals surface area contributed by atoms with Crippen LogP contribution in [-0.2, 0) is 0 Å². The maximum Gasteiger partial charge on any atom is 0.125 e. The normalized spacial score (nSPS) is 12.7. The molecule has 1 unspecified atom stereocenters. The van der Waals surface area contributed by atoms with Gasteiger partial charge in [0.1, 0.15) is 11.5 Å². The zero-order chi connectivity index (χ0) is 13.1. The molecule has 0 fully saturated rings. The maximum atomic E-state index is 5.78. The Morgan fingerprint density at radius 3 is 2.50 bits per heavy atom. The molecule has 0 aliphatic heterocycles. The lowest BCUT2D eigenvalue weighted by Crippen LogP contribution is -2.22. The largest absolute Gasteiger partial charge is 0.464 e. The van der Waals surface area contributed by atoms with Gasteiger partial charge in [0.05, 0.1) is 6.04 Å². The quantitative estimate of drug-likeness (QED) is 0.881. The molecule has 96 valence electrons. The van der Waals surface area contributed by atoms with Crippen molar-refractivity contribution in [3.05, 3.63) is 58.5 Å². The van der Waals surface area contributed by atoms with E-state index in [1.165, 1.54) is 16.7 Å². The highest BCUT2D eigenvalue weighted by Gasteiger charge is 2.18. The van der Waals surface area contributed by atoms with Crippen molar-refractivity contribution in [1.29, 1.82) is 0 Å². The fourth-order valence-corrected chi connectivity index (χ4v) is 2.25. The van der Waals surface area contributed by atoms with E-state index in [1.807, 2.05) is 13.0 Å². The van der Waals surface area contributed by atoms with Gasteiger partial charge in [0.15, 0.2) is 0 Å². The van der Waals surface area contributed by atoms with E-state index < -0.39 is 0 Å². The van der Waals surface area contributed by atoms with Gasteiger partial charge in [-0.1, -0.05) is 30.7 Å². The van der Waals surface area contributed by atoms with Crippen LogP contribution >= 0.6 is 0 Å². The first-order chi connectivity index (χ1) is 8.61. The molecule has 2 heteroatoms. The second-order valence-corrected chi connectivity index (χ2v) is 4.80. The van der Waals surface area contributed by atoms with E-state index in [-0.39, 0.29) is 6.04 Å². The van der Waals surface area contributed by atoms with Crippen LogP contribution in [0.25, 0.3) is 0 Å². The number of aryl methyl sites for hydroxylation is 3. The van der Waals surface area contributed by atoms with E-state index in [2.05, 4.69) is 50.4 Å². The van der Waals surface area contributed by atoms with Crippen LogP contribution in [0.5, 0.6) is 0 Å². The molecule has 0 spiro atoms. The first-order valence-electron chi connectivity index (χ1n) is 6.48. The van der Waals surface area contributed by atoms with Crippen molar-refractivity contribution < 1.29 is 4.42 Å². The molecular weight excluding hydrogens is 222 g/mol. The zero-order valence-electron chi connectivity index (χ0n) is 11.6. The summed E-state index contributed by atoms with van der Waals surface area (Å²) in [4.78, 5) is 0. The van der Waals surface area contributed by atoms with Crippen LogP contribution in [-0.4, -0.2) is 6.54 Å². The highest BCUT2D eigenvalue weighted by molar-refractivity contribution is 5.37. The minimum Gasteiger partial charge on any atom is -0.464 e. The van der Waals surface area contributed by atoms with E-state index in [4.69, 9.17) is 4.42 Å². The van der Waals surface area contributed by atoms with E-state index >= 15 is 0 Å². The fourth-order valence-electron chi connectivity index (χ4n) is 2.25. The second kappa shape index (κ2) is 5.40. The van der Waals surface area contributed by atoms with Gasteiger partial charge < -0.3 is 9.73 Å². The first kappa shape index (κ1) is 12.9. The first-order valence-corrected chi connectivity index (χ1v) is 6.48. The van der Waals surface area contributed by atoms with Gasteiger partial charge in [-0.2, -0.15) is 0 Å². The number of rotatable bonds is 4. The average molecular weight is 243 g/mol. The van der Waals surface area contributed by atoms with E-state index in [0.717, 1.165) is 18.1 Å². The number of hydrogen-bond donors (Lipinski definition) is 1. The summed E-state index contributed by atoms with van der Waals surface area (Å²) >= 11 is 0. The van der Waals surface area contributed by atoms with Gasteiger partial charge in [-0.3, -0.25) is 0 Å². The summed E-state index contributed by atoms with van der Waals surface area (Å²) in [5, 5.41) is 3.50. The molecule has 0 aliphatic rings.